The van der Waals surface area contributed by atoms with Crippen LogP contribution in [0.5, 0.6) is 0 Å². The van der Waals surface area contributed by atoms with Gasteiger partial charge in [-0.15, -0.1) is 5.10 Å². The van der Waals surface area contributed by atoms with Gasteiger partial charge in [0.25, 0.3) is 11.8 Å². The smallest absolute Gasteiger partial charge is 0.322 e. The van der Waals surface area contributed by atoms with E-state index < -0.39 is 29.7 Å². The normalized spacial score (nSPS) is 16.5. The number of aromatic nitrogens is 3. The molecule has 9 nitrogen and oxygen atoms in total. The zero-order valence-corrected chi connectivity index (χ0v) is 17.3. The summed E-state index contributed by atoms with van der Waals surface area (Å²) < 4.78 is 42.4. The summed E-state index contributed by atoms with van der Waals surface area (Å²) in [6, 6.07) is 2.83. The molecule has 2 aromatic rings. The van der Waals surface area contributed by atoms with Crippen LogP contribution in [0.1, 0.15) is 41.6 Å². The van der Waals surface area contributed by atoms with Crippen LogP contribution >= 0.6 is 0 Å². The predicted molar refractivity (Wildman–Crippen MR) is 107 cm³/mol. The van der Waals surface area contributed by atoms with Gasteiger partial charge in [0, 0.05) is 12.2 Å². The Balaban J connectivity index is 1.78. The summed E-state index contributed by atoms with van der Waals surface area (Å²) in [7, 11) is 0. The monoisotopic (exact) mass is 447 g/mol. The number of halogens is 3. The average molecular weight is 447 g/mol. The molecule has 2 heterocycles. The Labute approximate surface area is 181 Å². The van der Waals surface area contributed by atoms with Gasteiger partial charge in [-0.25, -0.2) is 13.9 Å². The highest BCUT2D eigenvalue weighted by Gasteiger charge is 2.36. The Morgan fingerprint density at radius 2 is 2.16 bits per heavy atom. The summed E-state index contributed by atoms with van der Waals surface area (Å²) in [6.07, 6.45) is 0.445. The third-order valence-electron chi connectivity index (χ3n) is 5.07. The van der Waals surface area contributed by atoms with Crippen molar-refractivity contribution < 1.29 is 22.8 Å². The summed E-state index contributed by atoms with van der Waals surface area (Å²) in [5.74, 6) is -4.88. The number of hydrogen-bond donors (Lipinski definition) is 2. The van der Waals surface area contributed by atoms with Crippen molar-refractivity contribution in [1.82, 2.24) is 25.2 Å². The molecule has 12 heteroatoms. The number of amides is 3. The van der Waals surface area contributed by atoms with Crippen molar-refractivity contribution in [2.75, 3.05) is 11.9 Å². The maximum absolute atomic E-state index is 13.7. The minimum atomic E-state index is -3.32. The Bertz CT molecular complexity index is 1110. The first-order chi connectivity index (χ1) is 15.1. The summed E-state index contributed by atoms with van der Waals surface area (Å²) >= 11 is 0. The fourth-order valence-electron chi connectivity index (χ4n) is 3.22. The van der Waals surface area contributed by atoms with Crippen LogP contribution in [0.4, 0.5) is 23.7 Å². The van der Waals surface area contributed by atoms with Crippen molar-refractivity contribution in [3.8, 4) is 6.07 Å². The third kappa shape index (κ3) is 4.41. The first kappa shape index (κ1) is 22.8. The van der Waals surface area contributed by atoms with E-state index >= 15 is 0 Å². The van der Waals surface area contributed by atoms with Crippen LogP contribution < -0.4 is 10.6 Å². The van der Waals surface area contributed by atoms with Crippen molar-refractivity contribution in [1.29, 1.82) is 5.26 Å². The zero-order chi connectivity index (χ0) is 23.6. The van der Waals surface area contributed by atoms with Crippen molar-refractivity contribution in [3.63, 3.8) is 0 Å². The highest BCUT2D eigenvalue weighted by atomic mass is 19.3. The molecule has 168 valence electrons. The summed E-state index contributed by atoms with van der Waals surface area (Å²) in [4.78, 5) is 26.7. The van der Waals surface area contributed by atoms with Gasteiger partial charge in [0.1, 0.15) is 11.9 Å². The number of carbonyl (C=O) groups excluding carboxylic acids is 2. The van der Waals surface area contributed by atoms with Gasteiger partial charge >= 0.3 is 6.03 Å². The summed E-state index contributed by atoms with van der Waals surface area (Å²) in [6.45, 7) is 6.10. The van der Waals surface area contributed by atoms with Gasteiger partial charge in [0.15, 0.2) is 5.69 Å². The number of hydrogen-bond acceptors (Lipinski definition) is 5. The Kier molecular flexibility index (Phi) is 6.20. The van der Waals surface area contributed by atoms with E-state index in [4.69, 9.17) is 5.26 Å². The van der Waals surface area contributed by atoms with Crippen LogP contribution in [0, 0.1) is 17.1 Å². The second kappa shape index (κ2) is 8.70. The molecule has 1 aromatic carbocycles. The number of alkyl halides is 2. The molecule has 32 heavy (non-hydrogen) atoms. The molecule has 2 atom stereocenters. The Morgan fingerprint density at radius 3 is 2.81 bits per heavy atom. The molecule has 1 aliphatic rings. The van der Waals surface area contributed by atoms with Gasteiger partial charge in [0.05, 0.1) is 29.9 Å². The summed E-state index contributed by atoms with van der Waals surface area (Å²) in [5.41, 5.74) is 0.106. The maximum Gasteiger partial charge on any atom is 0.322 e. The van der Waals surface area contributed by atoms with Gasteiger partial charge in [-0.1, -0.05) is 11.8 Å². The van der Waals surface area contributed by atoms with E-state index in [2.05, 4.69) is 27.5 Å². The van der Waals surface area contributed by atoms with Crippen LogP contribution in [0.3, 0.4) is 0 Å². The van der Waals surface area contributed by atoms with Gasteiger partial charge in [0.2, 0.25) is 0 Å². The molecular weight excluding hydrogens is 427 g/mol. The lowest BCUT2D eigenvalue weighted by Gasteiger charge is -2.32. The van der Waals surface area contributed by atoms with E-state index in [1.807, 2.05) is 0 Å². The van der Waals surface area contributed by atoms with E-state index in [0.717, 1.165) is 13.0 Å². The molecule has 2 N–H and O–H groups in total. The highest BCUT2D eigenvalue weighted by Crippen LogP contribution is 2.24. The lowest BCUT2D eigenvalue weighted by molar-refractivity contribution is 0.0186. The summed E-state index contributed by atoms with van der Waals surface area (Å²) in [5, 5.41) is 21.4. The van der Waals surface area contributed by atoms with Crippen LogP contribution in [-0.4, -0.2) is 50.3 Å². The average Bonchev–Trinajstić information content (AvgIpc) is 3.19. The topological polar surface area (TPSA) is 116 Å². The molecule has 0 spiro atoms. The maximum atomic E-state index is 13.7. The minimum absolute atomic E-state index is 0.0650. The first-order valence-electron chi connectivity index (χ1n) is 9.59. The molecule has 1 aliphatic heterocycles. The van der Waals surface area contributed by atoms with Crippen molar-refractivity contribution >= 4 is 17.6 Å². The number of nitrogens with one attached hydrogen (secondary N) is 2. The molecule has 0 saturated heterocycles. The molecule has 1 aromatic heterocycles. The quantitative estimate of drug-likeness (QED) is 0.684. The molecular formula is C20H20F3N7O2. The SMILES string of the molecule is C=CC(F)(F)[C@@H](C)NC(=O)c1nnn2c1CN(C(=O)Nc1ccc(F)c(C#N)c1)C[C@H]2C. The van der Waals surface area contributed by atoms with Crippen molar-refractivity contribution in [2.24, 2.45) is 0 Å². The Hall–Kier alpha value is -3.88. The molecule has 0 saturated carbocycles. The molecule has 0 fully saturated rings. The molecule has 0 radical (unpaired) electrons. The van der Waals surface area contributed by atoms with E-state index in [0.29, 0.717) is 6.08 Å². The van der Waals surface area contributed by atoms with Gasteiger partial charge in [-0.05, 0) is 38.1 Å². The first-order valence-corrected chi connectivity index (χ1v) is 9.59. The van der Waals surface area contributed by atoms with E-state index in [-0.39, 0.29) is 41.8 Å². The largest absolute Gasteiger partial charge is 0.342 e. The zero-order valence-electron chi connectivity index (χ0n) is 17.3. The number of rotatable bonds is 5. The Morgan fingerprint density at radius 1 is 1.44 bits per heavy atom. The molecule has 0 unspecified atom stereocenters. The standard InChI is InChI=1S/C20H20F3N7O2/c1-4-20(22,23)12(3)25-18(31)17-16-10-29(9-11(2)30(16)28-27-17)19(32)26-14-5-6-15(21)13(7-14)8-24/h4-7,11-12H,1,9-10H2,2-3H3,(H,25,31)(H,26,32)/t11-,12-/m1/s1. The predicted octanol–water partition coefficient (Wildman–Crippen LogP) is 2.84. The fourth-order valence-corrected chi connectivity index (χ4v) is 3.22. The number of urea groups is 1. The number of carbonyl (C=O) groups is 2. The molecule has 0 aliphatic carbocycles. The number of benzene rings is 1. The van der Waals surface area contributed by atoms with E-state index in [1.54, 1.807) is 13.0 Å². The lowest BCUT2D eigenvalue weighted by atomic mass is 10.1. The third-order valence-corrected chi connectivity index (χ3v) is 5.07. The van der Waals surface area contributed by atoms with Gasteiger partial charge in [-0.2, -0.15) is 14.0 Å². The van der Waals surface area contributed by atoms with Crippen LogP contribution in [-0.2, 0) is 6.54 Å². The van der Waals surface area contributed by atoms with Crippen molar-refractivity contribution in [3.05, 3.63) is 53.6 Å². The second-order valence-corrected chi connectivity index (χ2v) is 7.37. The van der Waals surface area contributed by atoms with Crippen LogP contribution in [0.25, 0.3) is 0 Å². The number of fused-ring (bicyclic) bond motifs is 1. The second-order valence-electron chi connectivity index (χ2n) is 7.37. The molecule has 3 rings (SSSR count). The van der Waals surface area contributed by atoms with Crippen LogP contribution in [0.2, 0.25) is 0 Å². The highest BCUT2D eigenvalue weighted by molar-refractivity contribution is 5.94. The fraction of sp³-hybridized carbons (Fsp3) is 0.350. The minimum Gasteiger partial charge on any atom is -0.342 e. The van der Waals surface area contributed by atoms with Gasteiger partial charge in [-0.3, -0.25) is 4.79 Å². The molecule has 0 bridgehead atoms. The van der Waals surface area contributed by atoms with E-state index in [1.165, 1.54) is 21.7 Å². The van der Waals surface area contributed by atoms with Crippen LogP contribution in [0.15, 0.2) is 30.9 Å². The number of nitrogens with zero attached hydrogens (tertiary/aromatic N) is 5. The molecule has 3 amide bonds. The number of anilines is 1. The van der Waals surface area contributed by atoms with Crippen molar-refractivity contribution in [2.45, 2.75) is 38.4 Å². The van der Waals surface area contributed by atoms with E-state index in [9.17, 15) is 22.8 Å². The number of nitriles is 1. The lowest BCUT2D eigenvalue weighted by Crippen LogP contribution is -2.46. The van der Waals surface area contributed by atoms with Gasteiger partial charge < -0.3 is 15.5 Å².